The van der Waals surface area contributed by atoms with Crippen molar-refractivity contribution in [2.45, 2.75) is 39.3 Å². The van der Waals surface area contributed by atoms with Gasteiger partial charge in [-0.1, -0.05) is 73.9 Å². The number of hydrogen-bond donors (Lipinski definition) is 0. The minimum absolute atomic E-state index is 0.714. The van der Waals surface area contributed by atoms with Gasteiger partial charge in [0.25, 0.3) is 0 Å². The average Bonchev–Trinajstić information content (AvgIpc) is 2.49. The Hall–Kier alpha value is -1.90. The van der Waals surface area contributed by atoms with Crippen LogP contribution in [-0.2, 0) is 0 Å². The number of fused-ring (bicyclic) bond motifs is 2. The lowest BCUT2D eigenvalue weighted by molar-refractivity contribution is 1.69. The molecule has 0 unspecified atom stereocenters. The predicted octanol–water partition coefficient (Wildman–Crippen LogP) is 5.63. The summed E-state index contributed by atoms with van der Waals surface area (Å²) in [6, 6.07) is 15.4. The highest BCUT2D eigenvalue weighted by Crippen LogP contribution is 2.26. The first kappa shape index (κ1) is 16.9. The van der Waals surface area contributed by atoms with E-state index in [9.17, 15) is 0 Å². The molecule has 3 aromatic carbocycles. The molecule has 3 rings (SSSR count). The molecule has 0 spiro atoms. The third-order valence-corrected chi connectivity index (χ3v) is 8.97. The van der Waals surface area contributed by atoms with Gasteiger partial charge in [-0.2, -0.15) is 0 Å². The lowest BCUT2D eigenvalue weighted by atomic mass is 10.0. The van der Waals surface area contributed by atoms with Crippen molar-refractivity contribution in [2.75, 3.05) is 0 Å². The Labute approximate surface area is 147 Å². The van der Waals surface area contributed by atoms with Crippen molar-refractivity contribution in [1.29, 1.82) is 0 Å². The Morgan fingerprint density at radius 1 is 0.625 bits per heavy atom. The predicted molar refractivity (Wildman–Crippen MR) is 114 cm³/mol. The third kappa shape index (κ3) is 3.04. The molecule has 0 aliphatic carbocycles. The van der Waals surface area contributed by atoms with Gasteiger partial charge >= 0.3 is 0 Å². The lowest BCUT2D eigenvalue weighted by Crippen LogP contribution is -2.56. The van der Waals surface area contributed by atoms with Crippen LogP contribution < -0.4 is 10.4 Å². The third-order valence-electron chi connectivity index (χ3n) is 4.66. The standard InChI is InChI=1S/C21H25NSi2/c1-22-19-9-8-15-10-17-13-20(23(2,3)4)21(24(5,6)7)14-18(17)11-16(15)12-19/h8-14H,2-7H3. The molecule has 0 aliphatic heterocycles. The molecule has 0 radical (unpaired) electrons. The van der Waals surface area contributed by atoms with Crippen molar-refractivity contribution >= 4 is 53.8 Å². The van der Waals surface area contributed by atoms with Gasteiger partial charge in [-0.25, -0.2) is 4.85 Å². The van der Waals surface area contributed by atoms with Gasteiger partial charge in [-0.15, -0.1) is 0 Å². The number of hydrogen-bond acceptors (Lipinski definition) is 0. The molecule has 24 heavy (non-hydrogen) atoms. The second-order valence-electron chi connectivity index (χ2n) is 8.74. The fourth-order valence-corrected chi connectivity index (χ4v) is 8.53. The van der Waals surface area contributed by atoms with Gasteiger partial charge in [0.2, 0.25) is 0 Å². The van der Waals surface area contributed by atoms with E-state index in [-0.39, 0.29) is 0 Å². The number of rotatable bonds is 2. The highest BCUT2D eigenvalue weighted by atomic mass is 28.3. The first-order valence-electron chi connectivity index (χ1n) is 8.49. The van der Waals surface area contributed by atoms with E-state index in [1.54, 1.807) is 10.4 Å². The average molecular weight is 348 g/mol. The van der Waals surface area contributed by atoms with Crippen LogP contribution in [0.2, 0.25) is 39.3 Å². The first-order valence-corrected chi connectivity index (χ1v) is 15.5. The molecule has 0 aromatic heterocycles. The van der Waals surface area contributed by atoms with E-state index in [1.165, 1.54) is 21.5 Å². The summed E-state index contributed by atoms with van der Waals surface area (Å²) in [5.41, 5.74) is 0.714. The second kappa shape index (κ2) is 5.58. The van der Waals surface area contributed by atoms with Gasteiger partial charge in [0, 0.05) is 0 Å². The molecule has 3 heteroatoms. The molecule has 0 atom stereocenters. The van der Waals surface area contributed by atoms with Crippen LogP contribution in [0.3, 0.4) is 0 Å². The van der Waals surface area contributed by atoms with Crippen LogP contribution in [0, 0.1) is 6.57 Å². The summed E-state index contributed by atoms with van der Waals surface area (Å²) >= 11 is 0. The second-order valence-corrected chi connectivity index (χ2v) is 18.8. The molecule has 0 bridgehead atoms. The van der Waals surface area contributed by atoms with Gasteiger partial charge < -0.3 is 0 Å². The molecule has 0 saturated heterocycles. The molecule has 0 heterocycles. The van der Waals surface area contributed by atoms with Gasteiger partial charge in [-0.3, -0.25) is 0 Å². The Morgan fingerprint density at radius 2 is 1.08 bits per heavy atom. The van der Waals surface area contributed by atoms with E-state index >= 15 is 0 Å². The highest BCUT2D eigenvalue weighted by Gasteiger charge is 2.27. The fourth-order valence-electron chi connectivity index (χ4n) is 3.35. The van der Waals surface area contributed by atoms with Crippen molar-refractivity contribution in [3.63, 3.8) is 0 Å². The van der Waals surface area contributed by atoms with Gasteiger partial charge in [0.05, 0.1) is 22.7 Å². The zero-order chi connectivity index (χ0) is 17.7. The van der Waals surface area contributed by atoms with Crippen LogP contribution in [0.5, 0.6) is 0 Å². The van der Waals surface area contributed by atoms with E-state index < -0.39 is 16.1 Å². The minimum atomic E-state index is -1.40. The molecule has 0 aliphatic rings. The summed E-state index contributed by atoms with van der Waals surface area (Å²) in [4.78, 5) is 3.57. The van der Waals surface area contributed by atoms with Crippen LogP contribution in [0.4, 0.5) is 5.69 Å². The monoisotopic (exact) mass is 347 g/mol. The Bertz CT molecular complexity index is 983. The van der Waals surface area contributed by atoms with Crippen LogP contribution in [-0.4, -0.2) is 16.1 Å². The minimum Gasteiger partial charge on any atom is -0.238 e. The molecule has 0 amide bonds. The number of nitrogens with zero attached hydrogens (tertiary/aromatic N) is 1. The van der Waals surface area contributed by atoms with E-state index in [2.05, 4.69) is 74.5 Å². The summed E-state index contributed by atoms with van der Waals surface area (Å²) < 4.78 is 0. The van der Waals surface area contributed by atoms with Gasteiger partial charge in [0.1, 0.15) is 0 Å². The zero-order valence-electron chi connectivity index (χ0n) is 15.5. The molecule has 0 N–H and O–H groups in total. The summed E-state index contributed by atoms with van der Waals surface area (Å²) in [6.45, 7) is 21.9. The van der Waals surface area contributed by atoms with Crippen molar-refractivity contribution in [1.82, 2.24) is 0 Å². The maximum absolute atomic E-state index is 7.23. The van der Waals surface area contributed by atoms with Crippen molar-refractivity contribution in [3.8, 4) is 0 Å². The molecule has 0 fully saturated rings. The SMILES string of the molecule is [C-]#[N+]c1ccc2cc3cc([Si](C)(C)C)c([Si](C)(C)C)cc3cc2c1. The molecule has 3 aromatic rings. The fraction of sp³-hybridized carbons (Fsp3) is 0.286. The molecular formula is C21H25NSi2. The van der Waals surface area contributed by atoms with Crippen molar-refractivity contribution in [2.24, 2.45) is 0 Å². The summed E-state index contributed by atoms with van der Waals surface area (Å²) in [5.74, 6) is 0. The maximum atomic E-state index is 7.23. The molecule has 0 saturated carbocycles. The largest absolute Gasteiger partial charge is 0.238 e. The first-order chi connectivity index (χ1) is 11.1. The van der Waals surface area contributed by atoms with Crippen molar-refractivity contribution < 1.29 is 0 Å². The lowest BCUT2D eigenvalue weighted by Gasteiger charge is -2.28. The maximum Gasteiger partial charge on any atom is 0.187 e. The Balaban J connectivity index is 2.38. The number of benzene rings is 3. The summed E-state index contributed by atoms with van der Waals surface area (Å²) in [6.07, 6.45) is 0. The van der Waals surface area contributed by atoms with E-state index in [1.807, 2.05) is 12.1 Å². The van der Waals surface area contributed by atoms with Crippen LogP contribution in [0.25, 0.3) is 26.4 Å². The molecule has 1 nitrogen and oxygen atoms in total. The van der Waals surface area contributed by atoms with Crippen molar-refractivity contribution in [3.05, 3.63) is 53.9 Å². The van der Waals surface area contributed by atoms with Gasteiger partial charge in [-0.05, 0) is 39.7 Å². The summed E-state index contributed by atoms with van der Waals surface area (Å²) in [5, 5.41) is 8.25. The van der Waals surface area contributed by atoms with E-state index in [0.717, 1.165) is 0 Å². The van der Waals surface area contributed by atoms with Crippen LogP contribution in [0.1, 0.15) is 0 Å². The molecular weight excluding hydrogens is 322 g/mol. The quantitative estimate of drug-likeness (QED) is 0.321. The van der Waals surface area contributed by atoms with E-state index in [0.29, 0.717) is 5.69 Å². The highest BCUT2D eigenvalue weighted by molar-refractivity contribution is 6.98. The smallest absolute Gasteiger partial charge is 0.187 e. The van der Waals surface area contributed by atoms with E-state index in [4.69, 9.17) is 6.57 Å². The zero-order valence-corrected chi connectivity index (χ0v) is 17.5. The normalized spacial score (nSPS) is 12.5. The topological polar surface area (TPSA) is 4.36 Å². The van der Waals surface area contributed by atoms with Crippen LogP contribution in [0.15, 0.2) is 42.5 Å². The van der Waals surface area contributed by atoms with Gasteiger partial charge in [0.15, 0.2) is 5.69 Å². The molecule has 122 valence electrons. The Kier molecular flexibility index (Phi) is 3.94. The summed E-state index contributed by atoms with van der Waals surface area (Å²) in [7, 11) is -2.80. The Morgan fingerprint density at radius 3 is 1.54 bits per heavy atom. The van der Waals surface area contributed by atoms with Crippen LogP contribution >= 0.6 is 0 Å².